The molecule has 0 fully saturated rings. The molecule has 0 radical (unpaired) electrons. The van der Waals surface area contributed by atoms with Crippen LogP contribution in [0.1, 0.15) is 42.1 Å². The third kappa shape index (κ3) is 5.72. The monoisotopic (exact) mass is 400 g/mol. The molecule has 29 heavy (non-hydrogen) atoms. The fourth-order valence-electron chi connectivity index (χ4n) is 2.98. The molecule has 1 aromatic carbocycles. The van der Waals surface area contributed by atoms with Crippen molar-refractivity contribution in [2.45, 2.75) is 32.2 Å². The van der Waals surface area contributed by atoms with Gasteiger partial charge in [-0.2, -0.15) is 0 Å². The summed E-state index contributed by atoms with van der Waals surface area (Å²) in [6.07, 6.45) is 1.13. The van der Waals surface area contributed by atoms with Crippen molar-refractivity contribution in [3.05, 3.63) is 29.3 Å². The highest BCUT2D eigenvalue weighted by molar-refractivity contribution is 6.09. The summed E-state index contributed by atoms with van der Waals surface area (Å²) < 4.78 is 0. The van der Waals surface area contributed by atoms with Crippen LogP contribution in [0.5, 0.6) is 0 Å². The minimum Gasteiger partial charge on any atom is -0.481 e. The van der Waals surface area contributed by atoms with E-state index >= 15 is 0 Å². The van der Waals surface area contributed by atoms with Crippen molar-refractivity contribution in [2.75, 3.05) is 25.0 Å². The number of nitrogens with one attached hydrogen (secondary N) is 1. The van der Waals surface area contributed by atoms with Crippen molar-refractivity contribution in [1.82, 2.24) is 4.90 Å². The number of hydrogen-bond acceptors (Lipinski definition) is 3. The molecular formula is C20H26N5O4+. The molecule has 0 bridgehead atoms. The zero-order chi connectivity index (χ0) is 21.6. The van der Waals surface area contributed by atoms with Gasteiger partial charge in [0.15, 0.2) is 0 Å². The maximum Gasteiger partial charge on any atom is 0.338 e. The van der Waals surface area contributed by atoms with Crippen LogP contribution in [0.2, 0.25) is 0 Å². The second-order valence-electron chi connectivity index (χ2n) is 6.85. The first kappa shape index (κ1) is 21.8. The van der Waals surface area contributed by atoms with Crippen molar-refractivity contribution in [2.24, 2.45) is 11.5 Å². The van der Waals surface area contributed by atoms with Gasteiger partial charge >= 0.3 is 11.9 Å². The van der Waals surface area contributed by atoms with Gasteiger partial charge < -0.3 is 14.9 Å². The topological polar surface area (TPSA) is 144 Å². The Morgan fingerprint density at radius 3 is 2.72 bits per heavy atom. The summed E-state index contributed by atoms with van der Waals surface area (Å²) in [5, 5.41) is 9.05. The number of hydrogen-bond donors (Lipinski definition) is 4. The van der Waals surface area contributed by atoms with Crippen LogP contribution in [-0.4, -0.2) is 59.9 Å². The summed E-state index contributed by atoms with van der Waals surface area (Å²) in [7, 11) is 1.60. The maximum atomic E-state index is 13.1. The van der Waals surface area contributed by atoms with Crippen molar-refractivity contribution in [3.63, 3.8) is 0 Å². The highest BCUT2D eigenvalue weighted by Crippen LogP contribution is 2.27. The first-order chi connectivity index (χ1) is 13.7. The van der Waals surface area contributed by atoms with E-state index in [2.05, 4.69) is 16.8 Å². The maximum absolute atomic E-state index is 13.1. The molecule has 0 saturated heterocycles. The van der Waals surface area contributed by atoms with E-state index in [1.165, 1.54) is 9.80 Å². The molecule has 1 aliphatic rings. The van der Waals surface area contributed by atoms with Gasteiger partial charge in [-0.15, -0.1) is 0 Å². The van der Waals surface area contributed by atoms with Crippen LogP contribution >= 0.6 is 0 Å². The van der Waals surface area contributed by atoms with E-state index in [1.54, 1.807) is 32.2 Å². The fourth-order valence-corrected chi connectivity index (χ4v) is 2.98. The fraction of sp³-hybridized carbons (Fsp3) is 0.400. The zero-order valence-corrected chi connectivity index (χ0v) is 16.6. The number of unbranched alkanes of at least 4 members (excludes halogenated alkanes) is 1. The molecule has 1 atom stereocenters. The van der Waals surface area contributed by atoms with Gasteiger partial charge in [0.1, 0.15) is 6.54 Å². The summed E-state index contributed by atoms with van der Waals surface area (Å²) in [6.45, 7) is 2.06. The largest absolute Gasteiger partial charge is 0.481 e. The third-order valence-corrected chi connectivity index (χ3v) is 4.57. The van der Waals surface area contributed by atoms with Crippen LogP contribution in [0.25, 0.3) is 0 Å². The van der Waals surface area contributed by atoms with E-state index in [0.29, 0.717) is 29.8 Å². The van der Waals surface area contributed by atoms with E-state index in [-0.39, 0.29) is 30.7 Å². The zero-order valence-electron chi connectivity index (χ0n) is 16.6. The summed E-state index contributed by atoms with van der Waals surface area (Å²) in [4.78, 5) is 42.1. The van der Waals surface area contributed by atoms with Crippen LogP contribution in [0.4, 0.5) is 5.69 Å². The lowest BCUT2D eigenvalue weighted by atomic mass is 10.1. The molecule has 1 unspecified atom stereocenters. The number of anilines is 1. The number of guanidine groups is 1. The SMILES string of the molecule is CC(CC(=O)O)N1CC(=O)N(C)c2ccc(C#CCCC[NH+]=C(N)N)cc2C1=O. The standard InChI is InChI=1S/C20H25N5O4/c1-13(10-18(27)28)25-12-17(26)24(2)16-8-7-14(11-15(16)19(25)29)6-4-3-5-9-23-20(21)22/h7-8,11,13H,3,5,9-10,12H2,1-2H3,(H,27,28)(H4,21,22,23)/p+1. The van der Waals surface area contributed by atoms with E-state index in [1.807, 2.05) is 0 Å². The lowest BCUT2D eigenvalue weighted by molar-refractivity contribution is -0.459. The number of nitrogens with zero attached hydrogens (tertiary/aromatic N) is 2. The number of fused-ring (bicyclic) bond motifs is 1. The van der Waals surface area contributed by atoms with Crippen molar-refractivity contribution in [3.8, 4) is 11.8 Å². The number of likely N-dealkylation sites (N-methyl/N-ethyl adjacent to an activating group) is 1. The molecule has 0 aromatic heterocycles. The van der Waals surface area contributed by atoms with Gasteiger partial charge in [0.2, 0.25) is 5.91 Å². The van der Waals surface area contributed by atoms with Crippen molar-refractivity contribution < 1.29 is 24.5 Å². The molecular weight excluding hydrogens is 374 g/mol. The summed E-state index contributed by atoms with van der Waals surface area (Å²) in [5.74, 6) is 4.52. The molecule has 154 valence electrons. The normalized spacial score (nSPS) is 14.4. The van der Waals surface area contributed by atoms with Crippen molar-refractivity contribution in [1.29, 1.82) is 0 Å². The van der Waals surface area contributed by atoms with E-state index in [4.69, 9.17) is 16.6 Å². The van der Waals surface area contributed by atoms with Crippen molar-refractivity contribution >= 4 is 29.4 Å². The lowest BCUT2D eigenvalue weighted by Gasteiger charge is -2.26. The molecule has 2 amide bonds. The summed E-state index contributed by atoms with van der Waals surface area (Å²) in [6, 6.07) is 4.47. The molecule has 0 saturated carbocycles. The van der Waals surface area contributed by atoms with Crippen LogP contribution in [0.15, 0.2) is 18.2 Å². The Kier molecular flexibility index (Phi) is 7.20. The second kappa shape index (κ2) is 9.59. The Hall–Kier alpha value is -3.54. The Bertz CT molecular complexity index is 896. The van der Waals surface area contributed by atoms with Gasteiger partial charge in [0, 0.05) is 25.1 Å². The van der Waals surface area contributed by atoms with Gasteiger partial charge in [-0.3, -0.25) is 30.8 Å². The molecule has 0 spiro atoms. The Labute approximate surface area is 169 Å². The molecule has 2 rings (SSSR count). The number of amides is 2. The van der Waals surface area contributed by atoms with E-state index in [0.717, 1.165) is 6.42 Å². The third-order valence-electron chi connectivity index (χ3n) is 4.57. The first-order valence-electron chi connectivity index (χ1n) is 9.24. The molecule has 9 nitrogen and oxygen atoms in total. The number of carbonyl (C=O) groups excluding carboxylic acids is 2. The number of carboxylic acid groups (broad SMARTS) is 1. The number of aliphatic carboxylic acids is 1. The molecule has 1 heterocycles. The van der Waals surface area contributed by atoms with Crippen LogP contribution in [-0.2, 0) is 9.59 Å². The molecule has 0 aliphatic carbocycles. The molecule has 9 heteroatoms. The van der Waals surface area contributed by atoms with Gasteiger partial charge in [-0.25, -0.2) is 0 Å². The highest BCUT2D eigenvalue weighted by atomic mass is 16.4. The molecule has 6 N–H and O–H groups in total. The van der Waals surface area contributed by atoms with E-state index < -0.39 is 12.0 Å². The Morgan fingerprint density at radius 2 is 2.07 bits per heavy atom. The molecule has 1 aliphatic heterocycles. The van der Waals surface area contributed by atoms with Gasteiger partial charge in [0.05, 0.1) is 24.2 Å². The summed E-state index contributed by atoms with van der Waals surface area (Å²) in [5.41, 5.74) is 12.1. The molecule has 1 aromatic rings. The minimum absolute atomic E-state index is 0.169. The number of carbonyl (C=O) groups is 3. The number of rotatable bonds is 6. The highest BCUT2D eigenvalue weighted by Gasteiger charge is 2.33. The average molecular weight is 400 g/mol. The predicted octanol–water partition coefficient (Wildman–Crippen LogP) is -1.55. The van der Waals surface area contributed by atoms with Gasteiger partial charge in [-0.1, -0.05) is 11.8 Å². The number of nitrogens with two attached hydrogens (primary N) is 2. The van der Waals surface area contributed by atoms with Crippen LogP contribution in [0.3, 0.4) is 0 Å². The van der Waals surface area contributed by atoms with Gasteiger partial charge in [0.25, 0.3) is 5.91 Å². The van der Waals surface area contributed by atoms with Crippen LogP contribution < -0.4 is 21.4 Å². The predicted molar refractivity (Wildman–Crippen MR) is 108 cm³/mol. The smallest absolute Gasteiger partial charge is 0.338 e. The number of carboxylic acids is 1. The Morgan fingerprint density at radius 1 is 1.34 bits per heavy atom. The van der Waals surface area contributed by atoms with Crippen LogP contribution in [0, 0.1) is 11.8 Å². The number of benzene rings is 1. The minimum atomic E-state index is -1.03. The van der Waals surface area contributed by atoms with E-state index in [9.17, 15) is 14.4 Å². The second-order valence-corrected chi connectivity index (χ2v) is 6.85. The average Bonchev–Trinajstić information content (AvgIpc) is 2.74. The van der Waals surface area contributed by atoms with Gasteiger partial charge in [-0.05, 0) is 31.5 Å². The first-order valence-corrected chi connectivity index (χ1v) is 9.24. The Balaban J connectivity index is 2.26. The quantitative estimate of drug-likeness (QED) is 0.197. The lowest BCUT2D eigenvalue weighted by Crippen LogP contribution is -2.78. The summed E-state index contributed by atoms with van der Waals surface area (Å²) >= 11 is 0.